The topological polar surface area (TPSA) is 12.5 Å². The van der Waals surface area contributed by atoms with E-state index in [2.05, 4.69) is 65.6 Å². The summed E-state index contributed by atoms with van der Waals surface area (Å²) in [4.78, 5) is 2.94. The molecule has 1 heterocycles. The van der Waals surface area contributed by atoms with E-state index in [1.807, 2.05) is 78.8 Å². The summed E-state index contributed by atoms with van der Waals surface area (Å²) < 4.78 is 5.74. The van der Waals surface area contributed by atoms with Crippen molar-refractivity contribution in [3.8, 4) is 5.75 Å². The predicted molar refractivity (Wildman–Crippen MR) is 191 cm³/mol. The van der Waals surface area contributed by atoms with Crippen LogP contribution in [0.2, 0.25) is 0 Å². The van der Waals surface area contributed by atoms with Gasteiger partial charge in [0.05, 0.1) is 7.11 Å². The first-order chi connectivity index (χ1) is 25.2. The Morgan fingerprint density at radius 1 is 0.784 bits per heavy atom. The Morgan fingerprint density at radius 3 is 2.55 bits per heavy atom. The maximum absolute atomic E-state index is 5.74. The van der Waals surface area contributed by atoms with Crippen molar-refractivity contribution >= 4 is 22.3 Å². The Kier molecular flexibility index (Phi) is 2.64. The fourth-order valence-electron chi connectivity index (χ4n) is 23.1. The third-order valence-corrected chi connectivity index (χ3v) is 22.2. The average Bonchev–Trinajstić information content (AvgIpc) is 3.76. The summed E-state index contributed by atoms with van der Waals surface area (Å²) in [5, 5.41) is 3.80. The Bertz CT molecular complexity index is 2860. The zero-order valence-electron chi connectivity index (χ0n) is 29.0. The standard InChI is InChI=1S/C49H37NO/c1-50-14-46-43-21-11-9-18-17-7-8-19-23-13-24-20-10-12-22-32-28(20)35-30(24)29(23)34-26(19)25(17)33-27(18)31(21)41-39-37(33)36(34)38(35)40(39)42(32)48(47(41,43)46)44(22)49(46,48)45(50)15-3-5-16(51-2)6-4-15/h3-8,13,17,19-20,22,24-26,28-30,32,43-45H,9-12,14H2,1-2H3. The number of allylic oxidation sites excluding steroid dienone is 10. The quantitative estimate of drug-likeness (QED) is 0.346. The summed E-state index contributed by atoms with van der Waals surface area (Å²) in [6.45, 7) is 1.32. The molecule has 18 atom stereocenters. The van der Waals surface area contributed by atoms with E-state index in [0.29, 0.717) is 39.5 Å². The van der Waals surface area contributed by atoms with Gasteiger partial charge in [0.15, 0.2) is 0 Å². The molecule has 0 radical (unpaired) electrons. The summed E-state index contributed by atoms with van der Waals surface area (Å²) in [5.41, 5.74) is 28.9. The molecule has 2 aromatic rings. The van der Waals surface area contributed by atoms with Crippen LogP contribution < -0.4 is 15.2 Å². The zero-order valence-corrected chi connectivity index (χ0v) is 29.0. The Balaban J connectivity index is 1.03. The molecule has 0 bridgehead atoms. The van der Waals surface area contributed by atoms with Crippen molar-refractivity contribution in [2.24, 2.45) is 87.3 Å². The lowest BCUT2D eigenvalue weighted by Crippen LogP contribution is -2.57. The van der Waals surface area contributed by atoms with Crippen LogP contribution in [-0.2, 0) is 5.41 Å². The van der Waals surface area contributed by atoms with Crippen LogP contribution in [-0.4, -0.2) is 25.6 Å². The minimum absolute atomic E-state index is 0.405. The highest BCUT2D eigenvalue weighted by Crippen LogP contribution is 3.19. The van der Waals surface area contributed by atoms with Crippen LogP contribution in [0.5, 0.6) is 5.75 Å². The van der Waals surface area contributed by atoms with Crippen molar-refractivity contribution < 1.29 is 4.74 Å². The summed E-state index contributed by atoms with van der Waals surface area (Å²) in [5.74, 6) is 11.5. The monoisotopic (exact) mass is 655 g/mol. The first kappa shape index (κ1) is 23.3. The van der Waals surface area contributed by atoms with Gasteiger partial charge in [0.25, 0.3) is 0 Å². The van der Waals surface area contributed by atoms with Crippen LogP contribution in [0.4, 0.5) is 0 Å². The zero-order chi connectivity index (χ0) is 31.7. The third-order valence-electron chi connectivity index (χ3n) is 22.2. The minimum atomic E-state index is 0.405. The smallest absolute Gasteiger partial charge is 0.118 e. The molecule has 2 aromatic carbocycles. The summed E-state index contributed by atoms with van der Waals surface area (Å²) in [7, 11) is 4.39. The molecular weight excluding hydrogens is 619 g/mol. The van der Waals surface area contributed by atoms with Gasteiger partial charge in [-0.1, -0.05) is 52.7 Å². The third kappa shape index (κ3) is 1.43. The summed E-state index contributed by atoms with van der Waals surface area (Å²) >= 11 is 0. The second-order valence-corrected chi connectivity index (χ2v) is 21.4. The highest BCUT2D eigenvalue weighted by Gasteiger charge is 3.19. The van der Waals surface area contributed by atoms with Crippen LogP contribution in [0.25, 0.3) is 22.3 Å². The number of methoxy groups -OCH3 is 1. The first-order valence-electron chi connectivity index (χ1n) is 21.2. The second kappa shape index (κ2) is 5.78. The highest BCUT2D eigenvalue weighted by atomic mass is 16.5. The van der Waals surface area contributed by atoms with E-state index in [9.17, 15) is 0 Å². The van der Waals surface area contributed by atoms with Gasteiger partial charge in [-0.3, -0.25) is 4.90 Å². The highest BCUT2D eigenvalue weighted by molar-refractivity contribution is 6.18. The molecule has 20 rings (SSSR count). The fraction of sp³-hybridized carbons (Fsp3) is 0.510. The van der Waals surface area contributed by atoms with Gasteiger partial charge in [0.2, 0.25) is 0 Å². The Hall–Kier alpha value is -3.36. The molecule has 0 N–H and O–H groups in total. The maximum atomic E-state index is 5.74. The number of fused-ring (bicyclic) bond motifs is 5. The molecule has 2 heteroatoms. The van der Waals surface area contributed by atoms with Crippen LogP contribution >= 0.6 is 0 Å². The normalized spacial score (nSPS) is 59.1. The van der Waals surface area contributed by atoms with Gasteiger partial charge in [-0.2, -0.15) is 0 Å². The Morgan fingerprint density at radius 2 is 1.65 bits per heavy atom. The first-order valence-corrected chi connectivity index (χ1v) is 21.2. The molecule has 17 aliphatic carbocycles. The number of hydrogen-bond donors (Lipinski definition) is 0. The number of likely N-dealkylation sites (tertiary alicyclic amines) is 1. The molecule has 18 unspecified atom stereocenters. The maximum Gasteiger partial charge on any atom is 0.118 e. The molecule has 8 fully saturated rings. The predicted octanol–water partition coefficient (Wildman–Crippen LogP) is 6.44. The van der Waals surface area contributed by atoms with Gasteiger partial charge in [0.1, 0.15) is 5.75 Å². The van der Waals surface area contributed by atoms with Gasteiger partial charge in [-0.05, 0) is 158 Å². The van der Waals surface area contributed by atoms with Crippen molar-refractivity contribution in [3.05, 3.63) is 109 Å². The van der Waals surface area contributed by atoms with Gasteiger partial charge in [-0.25, -0.2) is 0 Å². The molecular formula is C49H37NO. The molecule has 0 amide bonds. The second-order valence-electron chi connectivity index (χ2n) is 21.4. The molecule has 2 nitrogen and oxygen atoms in total. The molecule has 0 aromatic heterocycles. The molecule has 4 spiro atoms. The molecule has 244 valence electrons. The van der Waals surface area contributed by atoms with Gasteiger partial charge in [0, 0.05) is 63.8 Å². The minimum Gasteiger partial charge on any atom is -0.497 e. The van der Waals surface area contributed by atoms with E-state index in [4.69, 9.17) is 4.74 Å². The van der Waals surface area contributed by atoms with E-state index >= 15 is 0 Å². The van der Waals surface area contributed by atoms with Gasteiger partial charge in [-0.15, -0.1) is 0 Å². The molecule has 51 heavy (non-hydrogen) atoms. The summed E-state index contributed by atoms with van der Waals surface area (Å²) in [6, 6.07) is 10.1. The van der Waals surface area contributed by atoms with Crippen molar-refractivity contribution in [2.45, 2.75) is 43.1 Å². The van der Waals surface area contributed by atoms with Crippen LogP contribution in [0, 0.1) is 87.3 Å². The van der Waals surface area contributed by atoms with Gasteiger partial charge >= 0.3 is 0 Å². The van der Waals surface area contributed by atoms with Crippen LogP contribution in [0.1, 0.15) is 65.5 Å². The number of nitrogens with zero attached hydrogens (tertiary/aromatic N) is 1. The average molecular weight is 656 g/mol. The lowest BCUT2D eigenvalue weighted by Gasteiger charge is -2.58. The van der Waals surface area contributed by atoms with Crippen molar-refractivity contribution in [1.29, 1.82) is 0 Å². The Labute approximate surface area is 296 Å². The van der Waals surface area contributed by atoms with Crippen LogP contribution in [0.3, 0.4) is 0 Å². The molecule has 1 aliphatic heterocycles. The summed E-state index contributed by atoms with van der Waals surface area (Å²) in [6.07, 6.45) is 14.3. The number of rotatable bonds is 2. The van der Waals surface area contributed by atoms with Crippen LogP contribution in [0.15, 0.2) is 70.4 Å². The molecule has 18 aliphatic rings. The van der Waals surface area contributed by atoms with Crippen molar-refractivity contribution in [1.82, 2.24) is 4.90 Å². The van der Waals surface area contributed by atoms with E-state index in [-0.39, 0.29) is 0 Å². The van der Waals surface area contributed by atoms with Crippen molar-refractivity contribution in [3.63, 3.8) is 0 Å². The lowest BCUT2D eigenvalue weighted by molar-refractivity contribution is 0.0314. The van der Waals surface area contributed by atoms with Gasteiger partial charge < -0.3 is 4.74 Å². The number of hydrogen-bond acceptors (Lipinski definition) is 2. The number of ether oxygens (including phenoxy) is 1. The van der Waals surface area contributed by atoms with E-state index in [1.54, 1.807) is 5.56 Å². The van der Waals surface area contributed by atoms with Crippen molar-refractivity contribution in [2.75, 3.05) is 20.7 Å². The van der Waals surface area contributed by atoms with E-state index < -0.39 is 0 Å². The largest absolute Gasteiger partial charge is 0.497 e. The molecule has 7 saturated carbocycles. The molecule has 1 saturated heterocycles. The SMILES string of the molecule is COc1ccc(C2N(C)CC34C5C6=c7c8c9c%10c%11c7=C(CC6)C6C=CC7C%12=CC%13C%14CCC%15C%16C(=C9C9=C(C%13C%12C(=C9%10)C7C%116)C%14%16)C6(C%15C236)C854)cc1. The number of benzene rings is 2. The fourth-order valence-corrected chi connectivity index (χ4v) is 23.1. The lowest BCUT2D eigenvalue weighted by atomic mass is 9.44. The van der Waals surface area contributed by atoms with E-state index in [1.165, 1.54) is 32.2 Å². The van der Waals surface area contributed by atoms with E-state index in [0.717, 1.165) is 70.8 Å².